The second-order valence-corrected chi connectivity index (χ2v) is 7.41. The van der Waals surface area contributed by atoms with E-state index in [9.17, 15) is 9.59 Å². The highest BCUT2D eigenvalue weighted by Crippen LogP contribution is 2.37. The van der Waals surface area contributed by atoms with Crippen molar-refractivity contribution in [2.24, 2.45) is 0 Å². The van der Waals surface area contributed by atoms with Crippen molar-refractivity contribution in [1.82, 2.24) is 0 Å². The number of likely N-dealkylation sites (N-methyl/N-ethyl adjacent to an activating group) is 1. The molecule has 2 amide bonds. The zero-order chi connectivity index (χ0) is 21.3. The molecule has 0 spiro atoms. The molecule has 3 aromatic rings. The summed E-state index contributed by atoms with van der Waals surface area (Å²) < 4.78 is 0. The summed E-state index contributed by atoms with van der Waals surface area (Å²) in [6.07, 6.45) is 0. The molecule has 0 aromatic heterocycles. The average Bonchev–Trinajstić information content (AvgIpc) is 3.01. The van der Waals surface area contributed by atoms with E-state index in [1.54, 1.807) is 0 Å². The summed E-state index contributed by atoms with van der Waals surface area (Å²) in [5, 5.41) is 0. The molecule has 0 atom stereocenters. The van der Waals surface area contributed by atoms with Gasteiger partial charge in [-0.05, 0) is 50.1 Å². The van der Waals surface area contributed by atoms with E-state index in [0.717, 1.165) is 22.4 Å². The van der Waals surface area contributed by atoms with E-state index in [1.165, 1.54) is 4.90 Å². The van der Waals surface area contributed by atoms with Gasteiger partial charge in [0.1, 0.15) is 5.70 Å². The van der Waals surface area contributed by atoms with E-state index in [1.807, 2.05) is 105 Å². The van der Waals surface area contributed by atoms with Gasteiger partial charge in [-0.2, -0.15) is 0 Å². The third-order valence-corrected chi connectivity index (χ3v) is 5.37. The Morgan fingerprint density at radius 1 is 0.800 bits per heavy atom. The molecule has 0 bridgehead atoms. The fourth-order valence-electron chi connectivity index (χ4n) is 3.99. The first-order valence-electron chi connectivity index (χ1n) is 10.1. The van der Waals surface area contributed by atoms with Gasteiger partial charge in [0.2, 0.25) is 0 Å². The number of aryl methyl sites for hydroxylation is 2. The van der Waals surface area contributed by atoms with Crippen LogP contribution in [0, 0.1) is 13.8 Å². The predicted molar refractivity (Wildman–Crippen MR) is 121 cm³/mol. The molecule has 1 aliphatic rings. The van der Waals surface area contributed by atoms with Gasteiger partial charge in [-0.15, -0.1) is 0 Å². The molecule has 4 heteroatoms. The molecule has 0 aliphatic carbocycles. The normalized spacial score (nSPS) is 13.9. The first kappa shape index (κ1) is 19.6. The molecule has 0 saturated heterocycles. The van der Waals surface area contributed by atoms with Crippen LogP contribution >= 0.6 is 0 Å². The lowest BCUT2D eigenvalue weighted by atomic mass is 10.0. The van der Waals surface area contributed by atoms with Gasteiger partial charge >= 0.3 is 0 Å². The molecule has 1 heterocycles. The number of rotatable bonds is 5. The first-order valence-corrected chi connectivity index (χ1v) is 10.1. The van der Waals surface area contributed by atoms with E-state index in [0.29, 0.717) is 23.5 Å². The van der Waals surface area contributed by atoms with Crippen LogP contribution in [0.15, 0.2) is 84.6 Å². The standard InChI is InChI=1S/C26H24N2O2/c1-4-27(21-13-9-6-10-14-21)24-23(20-11-7-5-8-12-20)25(29)28(26(24)30)22-16-15-18(2)17-19(22)3/h5-17H,4H2,1-3H3. The van der Waals surface area contributed by atoms with E-state index in [-0.39, 0.29) is 11.8 Å². The van der Waals surface area contributed by atoms with Crippen molar-refractivity contribution in [3.8, 4) is 0 Å². The van der Waals surface area contributed by atoms with E-state index in [4.69, 9.17) is 0 Å². The van der Waals surface area contributed by atoms with Crippen molar-refractivity contribution in [1.29, 1.82) is 0 Å². The summed E-state index contributed by atoms with van der Waals surface area (Å²) >= 11 is 0. The molecule has 4 nitrogen and oxygen atoms in total. The Kier molecular flexibility index (Phi) is 5.23. The van der Waals surface area contributed by atoms with Crippen LogP contribution in [0.1, 0.15) is 23.6 Å². The lowest BCUT2D eigenvalue weighted by molar-refractivity contribution is -0.120. The summed E-state index contributed by atoms with van der Waals surface area (Å²) in [6.45, 7) is 6.48. The second kappa shape index (κ2) is 7.99. The largest absolute Gasteiger partial charge is 0.337 e. The van der Waals surface area contributed by atoms with Crippen LogP contribution in [0.3, 0.4) is 0 Å². The summed E-state index contributed by atoms with van der Waals surface area (Å²) in [7, 11) is 0. The molecule has 0 unspecified atom stereocenters. The Labute approximate surface area is 177 Å². The topological polar surface area (TPSA) is 40.6 Å². The SMILES string of the molecule is CCN(C1=C(c2ccccc2)C(=O)N(c2ccc(C)cc2C)C1=O)c1ccccc1. The van der Waals surface area contributed by atoms with Gasteiger partial charge in [0, 0.05) is 12.2 Å². The van der Waals surface area contributed by atoms with Crippen molar-refractivity contribution in [3.63, 3.8) is 0 Å². The Hall–Kier alpha value is -3.66. The Morgan fingerprint density at radius 2 is 1.43 bits per heavy atom. The van der Waals surface area contributed by atoms with Gasteiger partial charge < -0.3 is 4.90 Å². The number of hydrogen-bond donors (Lipinski definition) is 0. The highest BCUT2D eigenvalue weighted by molar-refractivity contribution is 6.46. The van der Waals surface area contributed by atoms with Gasteiger partial charge in [-0.3, -0.25) is 9.59 Å². The van der Waals surface area contributed by atoms with E-state index in [2.05, 4.69) is 0 Å². The number of imide groups is 1. The minimum absolute atomic E-state index is 0.289. The number of carbonyl (C=O) groups is 2. The predicted octanol–water partition coefficient (Wildman–Crippen LogP) is 5.11. The third-order valence-electron chi connectivity index (χ3n) is 5.37. The molecule has 0 N–H and O–H groups in total. The molecular formula is C26H24N2O2. The smallest absolute Gasteiger partial charge is 0.282 e. The van der Waals surface area contributed by atoms with Gasteiger partial charge in [-0.1, -0.05) is 66.2 Å². The van der Waals surface area contributed by atoms with Gasteiger partial charge in [0.05, 0.1) is 11.3 Å². The maximum Gasteiger partial charge on any atom is 0.282 e. The lowest BCUT2D eigenvalue weighted by Gasteiger charge is -2.25. The fraction of sp³-hybridized carbons (Fsp3) is 0.154. The Bertz CT molecular complexity index is 1130. The first-order chi connectivity index (χ1) is 14.5. The van der Waals surface area contributed by atoms with E-state index >= 15 is 0 Å². The highest BCUT2D eigenvalue weighted by atomic mass is 16.2. The number of nitrogens with zero attached hydrogens (tertiary/aromatic N) is 2. The summed E-state index contributed by atoms with van der Waals surface area (Å²) in [4.78, 5) is 30.6. The number of para-hydroxylation sites is 1. The molecule has 4 rings (SSSR count). The zero-order valence-corrected chi connectivity index (χ0v) is 17.4. The third kappa shape index (κ3) is 3.30. The maximum atomic E-state index is 13.7. The van der Waals surface area contributed by atoms with Crippen molar-refractivity contribution in [2.75, 3.05) is 16.3 Å². The number of benzene rings is 3. The molecule has 0 radical (unpaired) electrons. The molecule has 3 aromatic carbocycles. The van der Waals surface area contributed by atoms with Gasteiger partial charge in [0.25, 0.3) is 11.8 Å². The van der Waals surface area contributed by atoms with Crippen molar-refractivity contribution >= 4 is 28.8 Å². The van der Waals surface area contributed by atoms with Crippen LogP contribution in [0.25, 0.3) is 5.57 Å². The molecule has 0 saturated carbocycles. The zero-order valence-electron chi connectivity index (χ0n) is 17.4. The number of amides is 2. The lowest BCUT2D eigenvalue weighted by Crippen LogP contribution is -2.35. The van der Waals surface area contributed by atoms with Gasteiger partial charge in [-0.25, -0.2) is 4.90 Å². The van der Waals surface area contributed by atoms with Gasteiger partial charge in [0.15, 0.2) is 0 Å². The molecule has 1 aliphatic heterocycles. The highest BCUT2D eigenvalue weighted by Gasteiger charge is 2.43. The molecule has 0 fully saturated rings. The summed E-state index contributed by atoms with van der Waals surface area (Å²) in [6, 6.07) is 24.9. The van der Waals surface area contributed by atoms with E-state index < -0.39 is 0 Å². The van der Waals surface area contributed by atoms with Crippen LogP contribution in [0.2, 0.25) is 0 Å². The Morgan fingerprint density at radius 3 is 2.03 bits per heavy atom. The van der Waals surface area contributed by atoms with Crippen LogP contribution in [-0.4, -0.2) is 18.4 Å². The van der Waals surface area contributed by atoms with Crippen LogP contribution < -0.4 is 9.80 Å². The van der Waals surface area contributed by atoms with Crippen LogP contribution in [-0.2, 0) is 9.59 Å². The van der Waals surface area contributed by atoms with Crippen molar-refractivity contribution in [3.05, 3.63) is 101 Å². The maximum absolute atomic E-state index is 13.7. The van der Waals surface area contributed by atoms with Crippen molar-refractivity contribution in [2.45, 2.75) is 20.8 Å². The molecular weight excluding hydrogens is 372 g/mol. The number of hydrogen-bond acceptors (Lipinski definition) is 3. The second-order valence-electron chi connectivity index (χ2n) is 7.41. The summed E-state index contributed by atoms with van der Waals surface area (Å²) in [5.41, 5.74) is 5.09. The quantitative estimate of drug-likeness (QED) is 0.563. The van der Waals surface area contributed by atoms with Crippen LogP contribution in [0.5, 0.6) is 0 Å². The van der Waals surface area contributed by atoms with Crippen molar-refractivity contribution < 1.29 is 9.59 Å². The monoisotopic (exact) mass is 396 g/mol. The van der Waals surface area contributed by atoms with Crippen LogP contribution in [0.4, 0.5) is 11.4 Å². The fourth-order valence-corrected chi connectivity index (χ4v) is 3.99. The minimum atomic E-state index is -0.295. The minimum Gasteiger partial charge on any atom is -0.337 e. The molecule has 30 heavy (non-hydrogen) atoms. The molecule has 150 valence electrons. The average molecular weight is 396 g/mol. The Balaban J connectivity index is 1.91. The summed E-state index contributed by atoms with van der Waals surface area (Å²) in [5.74, 6) is -0.584. The number of anilines is 2. The number of carbonyl (C=O) groups excluding carboxylic acids is 2.